The zero-order valence-electron chi connectivity index (χ0n) is 12.7. The Morgan fingerprint density at radius 1 is 0.739 bits per heavy atom. The van der Waals surface area contributed by atoms with Crippen molar-refractivity contribution in [1.82, 2.24) is 0 Å². The van der Waals surface area contributed by atoms with Crippen LogP contribution < -0.4 is 4.74 Å². The molecular weight excluding hydrogens is 348 g/mol. The first-order valence-electron chi connectivity index (χ1n) is 7.52. The molecule has 0 spiro atoms. The fourth-order valence-corrected chi connectivity index (χ4v) is 3.70. The third-order valence-corrected chi connectivity index (χ3v) is 5.08. The number of fused-ring (bicyclic) bond motifs is 2. The average Bonchev–Trinajstić information content (AvgIpc) is 2.61. The summed E-state index contributed by atoms with van der Waals surface area (Å²) in [6, 6.07) is 25.5. The third kappa shape index (κ3) is 2.49. The molecule has 4 aromatic carbocycles. The molecule has 0 heterocycles. The van der Waals surface area contributed by atoms with Crippen LogP contribution in [0.4, 0.5) is 0 Å². The Kier molecular flexibility index (Phi) is 3.55. The first kappa shape index (κ1) is 14.3. The molecule has 0 aliphatic carbocycles. The summed E-state index contributed by atoms with van der Waals surface area (Å²) in [6.45, 7) is 0. The average molecular weight is 363 g/mol. The van der Waals surface area contributed by atoms with Crippen molar-refractivity contribution in [3.8, 4) is 16.9 Å². The smallest absolute Gasteiger partial charge is 0.119 e. The second-order valence-corrected chi connectivity index (χ2v) is 6.37. The van der Waals surface area contributed by atoms with E-state index in [0.717, 1.165) is 10.2 Å². The Morgan fingerprint density at radius 3 is 2.35 bits per heavy atom. The molecule has 4 rings (SSSR count). The van der Waals surface area contributed by atoms with E-state index in [9.17, 15) is 0 Å². The molecule has 0 aromatic heterocycles. The van der Waals surface area contributed by atoms with Gasteiger partial charge in [0.15, 0.2) is 0 Å². The van der Waals surface area contributed by atoms with Crippen LogP contribution >= 0.6 is 15.9 Å². The molecule has 4 aromatic rings. The fraction of sp³-hybridized carbons (Fsp3) is 0.0476. The number of hydrogen-bond donors (Lipinski definition) is 0. The molecule has 0 aliphatic heterocycles. The molecule has 0 amide bonds. The van der Waals surface area contributed by atoms with E-state index < -0.39 is 0 Å². The van der Waals surface area contributed by atoms with Crippen LogP contribution in [0.25, 0.3) is 32.7 Å². The quantitative estimate of drug-likeness (QED) is 0.399. The molecule has 112 valence electrons. The number of rotatable bonds is 2. The van der Waals surface area contributed by atoms with Gasteiger partial charge in [0.1, 0.15) is 5.75 Å². The van der Waals surface area contributed by atoms with Gasteiger partial charge in [-0.2, -0.15) is 0 Å². The molecule has 0 bridgehead atoms. The van der Waals surface area contributed by atoms with Gasteiger partial charge >= 0.3 is 0 Å². The van der Waals surface area contributed by atoms with E-state index in [1.165, 1.54) is 32.7 Å². The lowest BCUT2D eigenvalue weighted by Gasteiger charge is -2.10. The van der Waals surface area contributed by atoms with Crippen LogP contribution in [0, 0.1) is 0 Å². The third-order valence-electron chi connectivity index (χ3n) is 4.22. The zero-order valence-corrected chi connectivity index (χ0v) is 14.3. The predicted octanol–water partition coefficient (Wildman–Crippen LogP) is 6.43. The van der Waals surface area contributed by atoms with Gasteiger partial charge in [0, 0.05) is 4.47 Å². The zero-order chi connectivity index (χ0) is 15.8. The highest BCUT2D eigenvalue weighted by Gasteiger charge is 2.08. The van der Waals surface area contributed by atoms with Crippen LogP contribution in [0.1, 0.15) is 0 Å². The van der Waals surface area contributed by atoms with E-state index in [4.69, 9.17) is 4.74 Å². The first-order valence-corrected chi connectivity index (χ1v) is 8.31. The molecule has 2 heteroatoms. The van der Waals surface area contributed by atoms with Crippen LogP contribution in [0.2, 0.25) is 0 Å². The first-order chi connectivity index (χ1) is 11.3. The normalized spacial score (nSPS) is 11.0. The number of halogens is 1. The van der Waals surface area contributed by atoms with Crippen molar-refractivity contribution >= 4 is 37.5 Å². The molecule has 0 fully saturated rings. The van der Waals surface area contributed by atoms with E-state index in [2.05, 4.69) is 82.7 Å². The number of methoxy groups -OCH3 is 1. The van der Waals surface area contributed by atoms with Gasteiger partial charge in [-0.1, -0.05) is 54.6 Å². The maximum Gasteiger partial charge on any atom is 0.119 e. The Labute approximate surface area is 143 Å². The largest absolute Gasteiger partial charge is 0.497 e. The Balaban J connectivity index is 1.90. The topological polar surface area (TPSA) is 9.23 Å². The number of ether oxygens (including phenoxy) is 1. The van der Waals surface area contributed by atoms with Crippen LogP contribution in [0.15, 0.2) is 77.3 Å². The monoisotopic (exact) mass is 362 g/mol. The van der Waals surface area contributed by atoms with Crippen molar-refractivity contribution in [2.24, 2.45) is 0 Å². The molecule has 1 nitrogen and oxygen atoms in total. The minimum absolute atomic E-state index is 0.886. The Hall–Kier alpha value is -2.32. The molecular formula is C21H15BrO. The van der Waals surface area contributed by atoms with Crippen LogP contribution in [0.5, 0.6) is 5.75 Å². The molecule has 0 radical (unpaired) electrons. The summed E-state index contributed by atoms with van der Waals surface area (Å²) in [5.41, 5.74) is 2.42. The van der Waals surface area contributed by atoms with Gasteiger partial charge in [0.05, 0.1) is 7.11 Å². The van der Waals surface area contributed by atoms with Crippen LogP contribution in [-0.4, -0.2) is 7.11 Å². The second-order valence-electron chi connectivity index (χ2n) is 5.58. The maximum absolute atomic E-state index is 5.30. The van der Waals surface area contributed by atoms with Crippen molar-refractivity contribution in [2.45, 2.75) is 0 Å². The summed E-state index contributed by atoms with van der Waals surface area (Å²) in [7, 11) is 1.70. The van der Waals surface area contributed by atoms with E-state index in [1.807, 2.05) is 6.07 Å². The van der Waals surface area contributed by atoms with Crippen LogP contribution in [0.3, 0.4) is 0 Å². The highest BCUT2D eigenvalue weighted by Crippen LogP contribution is 2.36. The lowest BCUT2D eigenvalue weighted by molar-refractivity contribution is 0.415. The molecule has 0 aliphatic rings. The molecule has 0 saturated heterocycles. The lowest BCUT2D eigenvalue weighted by Crippen LogP contribution is -1.85. The van der Waals surface area contributed by atoms with Gasteiger partial charge in [-0.25, -0.2) is 0 Å². The van der Waals surface area contributed by atoms with E-state index >= 15 is 0 Å². The predicted molar refractivity (Wildman–Crippen MR) is 101 cm³/mol. The minimum Gasteiger partial charge on any atom is -0.497 e. The fourth-order valence-electron chi connectivity index (χ4n) is 2.97. The highest BCUT2D eigenvalue weighted by atomic mass is 79.9. The van der Waals surface area contributed by atoms with Crippen LogP contribution in [-0.2, 0) is 0 Å². The summed E-state index contributed by atoms with van der Waals surface area (Å²) in [6.07, 6.45) is 0. The van der Waals surface area contributed by atoms with Gasteiger partial charge in [-0.15, -0.1) is 0 Å². The molecule has 0 unspecified atom stereocenters. The van der Waals surface area contributed by atoms with Crippen molar-refractivity contribution in [1.29, 1.82) is 0 Å². The summed E-state index contributed by atoms with van der Waals surface area (Å²) >= 11 is 3.79. The summed E-state index contributed by atoms with van der Waals surface area (Å²) in [5, 5.41) is 4.88. The summed E-state index contributed by atoms with van der Waals surface area (Å²) < 4.78 is 6.44. The summed E-state index contributed by atoms with van der Waals surface area (Å²) in [5.74, 6) is 0.886. The highest BCUT2D eigenvalue weighted by molar-refractivity contribution is 9.10. The molecule has 0 saturated carbocycles. The second kappa shape index (κ2) is 5.71. The maximum atomic E-state index is 5.30. The van der Waals surface area contributed by atoms with Gasteiger partial charge in [0.25, 0.3) is 0 Å². The number of benzene rings is 4. The van der Waals surface area contributed by atoms with E-state index in [1.54, 1.807) is 7.11 Å². The van der Waals surface area contributed by atoms with E-state index in [-0.39, 0.29) is 0 Å². The van der Waals surface area contributed by atoms with Gasteiger partial charge in [0.2, 0.25) is 0 Å². The molecule has 0 atom stereocenters. The van der Waals surface area contributed by atoms with Gasteiger partial charge in [-0.05, 0) is 66.8 Å². The van der Waals surface area contributed by atoms with E-state index in [0.29, 0.717) is 0 Å². The van der Waals surface area contributed by atoms with Crippen molar-refractivity contribution in [2.75, 3.05) is 7.11 Å². The lowest BCUT2D eigenvalue weighted by atomic mass is 9.98. The number of hydrogen-bond acceptors (Lipinski definition) is 1. The summed E-state index contributed by atoms with van der Waals surface area (Å²) in [4.78, 5) is 0. The van der Waals surface area contributed by atoms with Gasteiger partial charge in [-0.3, -0.25) is 0 Å². The van der Waals surface area contributed by atoms with Gasteiger partial charge < -0.3 is 4.74 Å². The minimum atomic E-state index is 0.886. The van der Waals surface area contributed by atoms with Crippen molar-refractivity contribution in [3.05, 3.63) is 77.3 Å². The SMILES string of the molecule is COc1ccc2cc(-c3ccc4ccccc4c3Br)ccc2c1. The van der Waals surface area contributed by atoms with Crippen molar-refractivity contribution in [3.63, 3.8) is 0 Å². The molecule has 0 N–H and O–H groups in total. The Morgan fingerprint density at radius 2 is 1.48 bits per heavy atom. The van der Waals surface area contributed by atoms with Crippen molar-refractivity contribution < 1.29 is 4.74 Å². The standard InChI is InChI=1S/C21H15BrO/c1-23-18-10-8-15-12-17(7-6-16(15)13-18)20-11-9-14-4-2-3-5-19(14)21(20)22/h2-13H,1H3. The molecule has 23 heavy (non-hydrogen) atoms. The Bertz CT molecular complexity index is 1020.